The second-order valence-corrected chi connectivity index (χ2v) is 4.41. The quantitative estimate of drug-likeness (QED) is 0.783. The van der Waals surface area contributed by atoms with Gasteiger partial charge in [0.25, 0.3) is 0 Å². The van der Waals surface area contributed by atoms with E-state index in [9.17, 15) is 0 Å². The minimum absolute atomic E-state index is 0.568. The lowest BCUT2D eigenvalue weighted by atomic mass is 10.1. The second-order valence-electron chi connectivity index (χ2n) is 4.41. The predicted molar refractivity (Wildman–Crippen MR) is 65.8 cm³/mol. The maximum absolute atomic E-state index is 5.54. The second kappa shape index (κ2) is 5.23. The van der Waals surface area contributed by atoms with E-state index in [-0.39, 0.29) is 0 Å². The average molecular weight is 217 g/mol. The molecule has 2 N–H and O–H groups in total. The maximum atomic E-state index is 5.54. The van der Waals surface area contributed by atoms with E-state index in [1.54, 1.807) is 0 Å². The fourth-order valence-corrected chi connectivity index (χ4v) is 2.02. The fourth-order valence-electron chi connectivity index (χ4n) is 2.02. The molecule has 2 rings (SSSR count). The number of rotatable bonds is 3. The normalized spacial score (nSPS) is 17.2. The van der Waals surface area contributed by atoms with Crippen LogP contribution in [0.15, 0.2) is 30.0 Å². The van der Waals surface area contributed by atoms with Gasteiger partial charge in [-0.05, 0) is 25.0 Å². The Bertz CT molecular complexity index is 367. The summed E-state index contributed by atoms with van der Waals surface area (Å²) in [6.45, 7) is 5.91. The third-order valence-electron chi connectivity index (χ3n) is 2.92. The van der Waals surface area contributed by atoms with E-state index in [4.69, 9.17) is 5.73 Å². The molecule has 0 fully saturated rings. The largest absolute Gasteiger partial charge is 0.326 e. The highest BCUT2D eigenvalue weighted by atomic mass is 15.1. The molecule has 86 valence electrons. The Hall–Kier alpha value is -1.19. The van der Waals surface area contributed by atoms with Crippen molar-refractivity contribution < 1.29 is 0 Å². The van der Waals surface area contributed by atoms with Crippen molar-refractivity contribution in [2.75, 3.05) is 13.1 Å². The van der Waals surface area contributed by atoms with Gasteiger partial charge in [-0.15, -0.1) is 0 Å². The van der Waals surface area contributed by atoms with Crippen LogP contribution in [-0.4, -0.2) is 23.0 Å². The summed E-state index contributed by atoms with van der Waals surface area (Å²) in [6.07, 6.45) is 5.36. The van der Waals surface area contributed by atoms with Gasteiger partial charge in [0.1, 0.15) is 0 Å². The zero-order valence-corrected chi connectivity index (χ0v) is 9.82. The van der Waals surface area contributed by atoms with Crippen LogP contribution < -0.4 is 5.73 Å². The topological polar surface area (TPSA) is 42.1 Å². The molecule has 0 spiro atoms. The standard InChI is InChI=1S/C13H19N3/c1-11-3-2-6-16(9-11)10-13-5-4-12(7-14)8-15-13/h3-5,8H,2,6-7,9-10,14H2,1H3. The first-order valence-electron chi connectivity index (χ1n) is 5.80. The molecule has 16 heavy (non-hydrogen) atoms. The molecule has 0 aliphatic carbocycles. The van der Waals surface area contributed by atoms with Gasteiger partial charge < -0.3 is 5.73 Å². The van der Waals surface area contributed by atoms with E-state index in [2.05, 4.69) is 35.0 Å². The lowest BCUT2D eigenvalue weighted by Crippen LogP contribution is -2.29. The third kappa shape index (κ3) is 2.90. The Morgan fingerprint density at radius 1 is 1.44 bits per heavy atom. The highest BCUT2D eigenvalue weighted by Crippen LogP contribution is 2.11. The molecular formula is C13H19N3. The molecule has 3 nitrogen and oxygen atoms in total. The smallest absolute Gasteiger partial charge is 0.0544 e. The van der Waals surface area contributed by atoms with Crippen LogP contribution in [0.2, 0.25) is 0 Å². The van der Waals surface area contributed by atoms with E-state index in [1.807, 2.05) is 6.20 Å². The van der Waals surface area contributed by atoms with Crippen LogP contribution >= 0.6 is 0 Å². The highest BCUT2D eigenvalue weighted by Gasteiger charge is 2.10. The number of hydrogen-bond donors (Lipinski definition) is 1. The molecule has 0 saturated carbocycles. The minimum Gasteiger partial charge on any atom is -0.326 e. The molecule has 0 aromatic carbocycles. The predicted octanol–water partition coefficient (Wildman–Crippen LogP) is 1.69. The van der Waals surface area contributed by atoms with E-state index in [0.29, 0.717) is 6.54 Å². The molecule has 2 heterocycles. The molecule has 3 heteroatoms. The molecule has 0 radical (unpaired) electrons. The van der Waals surface area contributed by atoms with Crippen molar-refractivity contribution in [3.63, 3.8) is 0 Å². The molecule has 1 aliphatic rings. The summed E-state index contributed by atoms with van der Waals surface area (Å²) in [5, 5.41) is 0. The van der Waals surface area contributed by atoms with Crippen LogP contribution in [-0.2, 0) is 13.1 Å². The molecule has 0 amide bonds. The van der Waals surface area contributed by atoms with Crippen LogP contribution in [0.1, 0.15) is 24.6 Å². The Kier molecular flexibility index (Phi) is 3.70. The Labute approximate surface area is 97.0 Å². The Balaban J connectivity index is 1.96. The summed E-state index contributed by atoms with van der Waals surface area (Å²) < 4.78 is 0. The highest BCUT2D eigenvalue weighted by molar-refractivity contribution is 5.14. The molecule has 1 aliphatic heterocycles. The van der Waals surface area contributed by atoms with Crippen molar-refractivity contribution in [2.45, 2.75) is 26.4 Å². The summed E-state index contributed by atoms with van der Waals surface area (Å²) in [6, 6.07) is 4.14. The minimum atomic E-state index is 0.568. The van der Waals surface area contributed by atoms with Gasteiger partial charge in [-0.3, -0.25) is 9.88 Å². The molecule has 1 aromatic rings. The average Bonchev–Trinajstić information content (AvgIpc) is 2.30. The monoisotopic (exact) mass is 217 g/mol. The van der Waals surface area contributed by atoms with Crippen LogP contribution in [0.5, 0.6) is 0 Å². The van der Waals surface area contributed by atoms with Crippen molar-refractivity contribution in [2.24, 2.45) is 5.73 Å². The van der Waals surface area contributed by atoms with Crippen molar-refractivity contribution in [3.8, 4) is 0 Å². The summed E-state index contributed by atoms with van der Waals surface area (Å²) in [5.41, 5.74) is 9.23. The summed E-state index contributed by atoms with van der Waals surface area (Å²) >= 11 is 0. The van der Waals surface area contributed by atoms with Crippen molar-refractivity contribution in [3.05, 3.63) is 41.2 Å². The summed E-state index contributed by atoms with van der Waals surface area (Å²) in [5.74, 6) is 0. The van der Waals surface area contributed by atoms with Crippen LogP contribution in [0.4, 0.5) is 0 Å². The first-order valence-corrected chi connectivity index (χ1v) is 5.80. The Morgan fingerprint density at radius 2 is 2.31 bits per heavy atom. The van der Waals surface area contributed by atoms with Crippen molar-refractivity contribution in [1.82, 2.24) is 9.88 Å². The van der Waals surface area contributed by atoms with Gasteiger partial charge in [0.2, 0.25) is 0 Å². The van der Waals surface area contributed by atoms with E-state index in [1.165, 1.54) is 5.57 Å². The lowest BCUT2D eigenvalue weighted by molar-refractivity contribution is 0.279. The fraction of sp³-hybridized carbons (Fsp3) is 0.462. The molecule has 1 aromatic heterocycles. The van der Waals surface area contributed by atoms with E-state index >= 15 is 0 Å². The molecule has 0 bridgehead atoms. The SMILES string of the molecule is CC1=CCCN(Cc2ccc(CN)cn2)C1. The zero-order valence-electron chi connectivity index (χ0n) is 9.82. The summed E-state index contributed by atoms with van der Waals surface area (Å²) in [4.78, 5) is 6.86. The van der Waals surface area contributed by atoms with Gasteiger partial charge in [0.05, 0.1) is 5.69 Å². The van der Waals surface area contributed by atoms with Gasteiger partial charge in [-0.25, -0.2) is 0 Å². The molecule has 0 atom stereocenters. The van der Waals surface area contributed by atoms with E-state index in [0.717, 1.165) is 37.3 Å². The van der Waals surface area contributed by atoms with Crippen molar-refractivity contribution in [1.29, 1.82) is 0 Å². The van der Waals surface area contributed by atoms with Gasteiger partial charge in [-0.1, -0.05) is 17.7 Å². The van der Waals surface area contributed by atoms with Crippen LogP contribution in [0, 0.1) is 0 Å². The first-order chi connectivity index (χ1) is 7.78. The van der Waals surface area contributed by atoms with Gasteiger partial charge >= 0.3 is 0 Å². The van der Waals surface area contributed by atoms with Crippen LogP contribution in [0.3, 0.4) is 0 Å². The third-order valence-corrected chi connectivity index (χ3v) is 2.92. The molecule has 0 saturated heterocycles. The first kappa shape index (κ1) is 11.3. The number of nitrogens with zero attached hydrogens (tertiary/aromatic N) is 2. The van der Waals surface area contributed by atoms with E-state index < -0.39 is 0 Å². The van der Waals surface area contributed by atoms with Gasteiger partial charge in [0.15, 0.2) is 0 Å². The summed E-state index contributed by atoms with van der Waals surface area (Å²) in [7, 11) is 0. The lowest BCUT2D eigenvalue weighted by Gasteiger charge is -2.25. The van der Waals surface area contributed by atoms with Crippen molar-refractivity contribution >= 4 is 0 Å². The maximum Gasteiger partial charge on any atom is 0.0544 e. The number of pyridine rings is 1. The van der Waals surface area contributed by atoms with Gasteiger partial charge in [0, 0.05) is 32.4 Å². The number of hydrogen-bond acceptors (Lipinski definition) is 3. The van der Waals surface area contributed by atoms with Gasteiger partial charge in [-0.2, -0.15) is 0 Å². The van der Waals surface area contributed by atoms with Crippen LogP contribution in [0.25, 0.3) is 0 Å². The number of aromatic nitrogens is 1. The number of nitrogens with two attached hydrogens (primary N) is 1. The molecule has 0 unspecified atom stereocenters. The molecular weight excluding hydrogens is 198 g/mol. The zero-order chi connectivity index (χ0) is 11.4. The Morgan fingerprint density at radius 3 is 2.94 bits per heavy atom.